The predicted molar refractivity (Wildman–Crippen MR) is 140 cm³/mol. The minimum absolute atomic E-state index is 0.0436. The van der Waals surface area contributed by atoms with Gasteiger partial charge in [-0.3, -0.25) is 4.79 Å². The van der Waals surface area contributed by atoms with Crippen LogP contribution in [0.15, 0.2) is 60.8 Å². The van der Waals surface area contributed by atoms with Gasteiger partial charge in [0.2, 0.25) is 5.91 Å². The highest BCUT2D eigenvalue weighted by Gasteiger charge is 2.41. The van der Waals surface area contributed by atoms with Gasteiger partial charge in [0.1, 0.15) is 5.82 Å². The number of carbonyl (C=O) groups is 1. The molecule has 4 rings (SSSR count). The van der Waals surface area contributed by atoms with E-state index in [1.165, 1.54) is 32.0 Å². The molecule has 1 N–H and O–H groups in total. The van der Waals surface area contributed by atoms with Gasteiger partial charge < -0.3 is 14.9 Å². The van der Waals surface area contributed by atoms with Gasteiger partial charge in [0.25, 0.3) is 0 Å². The number of aliphatic hydroxyl groups excluding tert-OH is 1. The minimum Gasteiger partial charge on any atom is -0.394 e. The number of benzene rings is 2. The molecule has 2 aromatic carbocycles. The smallest absolute Gasteiger partial charge is 0.394 e. The van der Waals surface area contributed by atoms with Crippen LogP contribution in [0.4, 0.5) is 37.8 Å². The summed E-state index contributed by atoms with van der Waals surface area (Å²) < 4.78 is 81.1. The van der Waals surface area contributed by atoms with Crippen LogP contribution in [0.1, 0.15) is 43.4 Å². The van der Waals surface area contributed by atoms with Crippen molar-refractivity contribution >= 4 is 17.4 Å². The van der Waals surface area contributed by atoms with E-state index >= 15 is 0 Å². The van der Waals surface area contributed by atoms with Crippen molar-refractivity contribution in [2.75, 3.05) is 30.0 Å². The number of alkyl halides is 6. The number of aliphatic hydroxyl groups is 1. The SMILES string of the molecule is CN(C(=O)C(C)(C)c1cc(C(F)(F)F)cc(C(F)(F)F)c1)c1cnc(N2CCC[C@H]2CO)cc1-c1ccccc1. The first-order valence-corrected chi connectivity index (χ1v) is 12.7. The Kier molecular flexibility index (Phi) is 7.90. The van der Waals surface area contributed by atoms with Gasteiger partial charge in [0.15, 0.2) is 0 Å². The molecule has 3 aromatic rings. The Labute approximate surface area is 228 Å². The van der Waals surface area contributed by atoms with Gasteiger partial charge in [-0.15, -0.1) is 0 Å². The number of halogens is 6. The summed E-state index contributed by atoms with van der Waals surface area (Å²) >= 11 is 0. The van der Waals surface area contributed by atoms with Crippen LogP contribution >= 0.6 is 0 Å². The molecule has 0 aliphatic carbocycles. The molecule has 1 aromatic heterocycles. The van der Waals surface area contributed by atoms with Crippen molar-refractivity contribution in [2.24, 2.45) is 0 Å². The Balaban J connectivity index is 1.79. The third-order valence-corrected chi connectivity index (χ3v) is 7.35. The first-order valence-electron chi connectivity index (χ1n) is 12.7. The highest BCUT2D eigenvalue weighted by Crippen LogP contribution is 2.41. The van der Waals surface area contributed by atoms with Gasteiger partial charge in [-0.25, -0.2) is 4.98 Å². The van der Waals surface area contributed by atoms with Crippen LogP contribution in [0.2, 0.25) is 0 Å². The van der Waals surface area contributed by atoms with E-state index in [2.05, 4.69) is 4.98 Å². The van der Waals surface area contributed by atoms with E-state index in [0.717, 1.165) is 18.4 Å². The fraction of sp³-hybridized carbons (Fsp3) is 0.379. The number of carbonyl (C=O) groups excluding carboxylic acids is 1. The predicted octanol–water partition coefficient (Wildman–Crippen LogP) is 6.69. The molecule has 1 amide bonds. The van der Waals surface area contributed by atoms with E-state index in [4.69, 9.17) is 0 Å². The van der Waals surface area contributed by atoms with Gasteiger partial charge in [-0.1, -0.05) is 30.3 Å². The van der Waals surface area contributed by atoms with Crippen LogP contribution < -0.4 is 9.80 Å². The second-order valence-corrected chi connectivity index (χ2v) is 10.4. The molecule has 1 saturated heterocycles. The van der Waals surface area contributed by atoms with Crippen LogP contribution in [0, 0.1) is 0 Å². The van der Waals surface area contributed by atoms with Crippen molar-refractivity contribution in [1.29, 1.82) is 0 Å². The van der Waals surface area contributed by atoms with E-state index in [-0.39, 0.29) is 18.7 Å². The molecule has 2 heterocycles. The maximum Gasteiger partial charge on any atom is 0.416 e. The summed E-state index contributed by atoms with van der Waals surface area (Å²) in [6.45, 7) is 3.22. The number of hydrogen-bond acceptors (Lipinski definition) is 4. The molecule has 1 atom stereocenters. The van der Waals surface area contributed by atoms with Gasteiger partial charge in [0, 0.05) is 19.2 Å². The highest BCUT2D eigenvalue weighted by atomic mass is 19.4. The fourth-order valence-electron chi connectivity index (χ4n) is 5.01. The zero-order valence-electron chi connectivity index (χ0n) is 22.1. The largest absolute Gasteiger partial charge is 0.416 e. The van der Waals surface area contributed by atoms with Crippen LogP contribution in [0.25, 0.3) is 11.1 Å². The second kappa shape index (κ2) is 10.8. The Morgan fingerprint density at radius 2 is 1.55 bits per heavy atom. The van der Waals surface area contributed by atoms with Crippen molar-refractivity contribution < 1.29 is 36.2 Å². The number of anilines is 2. The van der Waals surface area contributed by atoms with E-state index in [9.17, 15) is 36.2 Å². The van der Waals surface area contributed by atoms with Crippen LogP contribution in [-0.4, -0.2) is 42.2 Å². The number of rotatable bonds is 6. The van der Waals surface area contributed by atoms with Crippen LogP contribution in [0.5, 0.6) is 0 Å². The zero-order chi connectivity index (χ0) is 29.5. The molecule has 5 nitrogen and oxygen atoms in total. The molecule has 0 radical (unpaired) electrons. The molecular formula is C29H29F6N3O2. The number of pyridine rings is 1. The molecule has 0 bridgehead atoms. The van der Waals surface area contributed by atoms with E-state index < -0.39 is 40.4 Å². The Bertz CT molecular complexity index is 1340. The molecule has 0 unspecified atom stereocenters. The second-order valence-electron chi connectivity index (χ2n) is 10.4. The molecule has 0 saturated carbocycles. The summed E-state index contributed by atoms with van der Waals surface area (Å²) in [4.78, 5) is 21.5. The molecular weight excluding hydrogens is 536 g/mol. The van der Waals surface area contributed by atoms with Crippen LogP contribution in [0.3, 0.4) is 0 Å². The Hall–Kier alpha value is -3.60. The normalized spacial score (nSPS) is 16.4. The topological polar surface area (TPSA) is 56.7 Å². The minimum atomic E-state index is -5.04. The van der Waals surface area contributed by atoms with Crippen molar-refractivity contribution in [3.05, 3.63) is 77.5 Å². The van der Waals surface area contributed by atoms with E-state index in [0.29, 0.717) is 35.7 Å². The van der Waals surface area contributed by atoms with Crippen molar-refractivity contribution in [3.8, 4) is 11.1 Å². The van der Waals surface area contributed by atoms with Crippen LogP contribution in [-0.2, 0) is 22.6 Å². The molecule has 1 aliphatic rings. The summed E-state index contributed by atoms with van der Waals surface area (Å²) in [7, 11) is 1.41. The molecule has 11 heteroatoms. The van der Waals surface area contributed by atoms with Crippen molar-refractivity contribution in [2.45, 2.75) is 50.5 Å². The Morgan fingerprint density at radius 3 is 2.10 bits per heavy atom. The van der Waals surface area contributed by atoms with Gasteiger partial charge in [-0.2, -0.15) is 26.3 Å². The number of nitrogens with zero attached hydrogens (tertiary/aromatic N) is 3. The van der Waals surface area contributed by atoms with E-state index in [1.54, 1.807) is 18.2 Å². The summed E-state index contributed by atoms with van der Waals surface area (Å²) in [5.41, 5.74) is -3.49. The number of amides is 1. The molecule has 0 spiro atoms. The zero-order valence-corrected chi connectivity index (χ0v) is 22.1. The molecule has 214 valence electrons. The summed E-state index contributed by atoms with van der Waals surface area (Å²) in [5.74, 6) is -0.131. The lowest BCUT2D eigenvalue weighted by Crippen LogP contribution is -2.42. The number of likely N-dealkylation sites (N-methyl/N-ethyl adjacent to an activating group) is 1. The molecule has 1 fully saturated rings. The quantitative estimate of drug-likeness (QED) is 0.339. The monoisotopic (exact) mass is 565 g/mol. The third kappa shape index (κ3) is 5.79. The Morgan fingerprint density at radius 1 is 0.975 bits per heavy atom. The van der Waals surface area contributed by atoms with E-state index in [1.807, 2.05) is 23.1 Å². The maximum atomic E-state index is 13.8. The van der Waals surface area contributed by atoms with Crippen molar-refractivity contribution in [3.63, 3.8) is 0 Å². The first kappa shape index (κ1) is 29.4. The average Bonchev–Trinajstić information content (AvgIpc) is 3.40. The third-order valence-electron chi connectivity index (χ3n) is 7.35. The standard InChI is InChI=1S/C29H29F6N3O2/c1-27(2,19-12-20(28(30,31)32)14-21(13-19)29(33,34)35)26(40)37(3)24-16-36-25(38-11-7-10-22(38)17-39)15-23(24)18-8-5-4-6-9-18/h4-6,8-9,12-16,22,39H,7,10-11,17H2,1-3H3/t22-/m0/s1. The first-order chi connectivity index (χ1) is 18.6. The lowest BCUT2D eigenvalue weighted by molar-refractivity contribution is -0.143. The summed E-state index contributed by atoms with van der Waals surface area (Å²) in [6.07, 6.45) is -6.94. The lowest BCUT2D eigenvalue weighted by Gasteiger charge is -2.32. The van der Waals surface area contributed by atoms with Gasteiger partial charge in [-0.05, 0) is 62.1 Å². The lowest BCUT2D eigenvalue weighted by atomic mass is 9.81. The molecule has 40 heavy (non-hydrogen) atoms. The maximum absolute atomic E-state index is 13.8. The van der Waals surface area contributed by atoms with Gasteiger partial charge in [0.05, 0.1) is 41.1 Å². The summed E-state index contributed by atoms with van der Waals surface area (Å²) in [5, 5.41) is 9.77. The summed E-state index contributed by atoms with van der Waals surface area (Å²) in [6, 6.07) is 12.0. The average molecular weight is 566 g/mol. The van der Waals surface area contributed by atoms with Gasteiger partial charge >= 0.3 is 12.4 Å². The number of hydrogen-bond donors (Lipinski definition) is 1. The fourth-order valence-corrected chi connectivity index (χ4v) is 5.01. The molecule has 1 aliphatic heterocycles. The highest BCUT2D eigenvalue weighted by molar-refractivity contribution is 6.03. The number of aromatic nitrogens is 1. The van der Waals surface area contributed by atoms with Crippen molar-refractivity contribution in [1.82, 2.24) is 4.98 Å².